The molecule has 0 fully saturated rings. The van der Waals surface area contributed by atoms with Crippen molar-refractivity contribution < 1.29 is 9.90 Å². The van der Waals surface area contributed by atoms with Gasteiger partial charge in [0.1, 0.15) is 11.4 Å². The zero-order chi connectivity index (χ0) is 14.9. The number of aromatic hydroxyl groups is 1. The standard InChI is InChI=1S/C15H15Cl2NO2/c1-8-7-10(3-5-11(8)19)4-6-12(20)15-14(17)13(16)9(2)18-15/h3,5,7,18-19H,4,6H2,1-2H3. The molecule has 106 valence electrons. The van der Waals surface area contributed by atoms with Gasteiger partial charge in [-0.2, -0.15) is 0 Å². The zero-order valence-electron chi connectivity index (χ0n) is 11.3. The summed E-state index contributed by atoms with van der Waals surface area (Å²) in [5.74, 6) is 0.186. The van der Waals surface area contributed by atoms with Crippen molar-refractivity contribution in [1.82, 2.24) is 4.98 Å². The summed E-state index contributed by atoms with van der Waals surface area (Å²) in [6.07, 6.45) is 0.923. The number of halogens is 2. The molecule has 20 heavy (non-hydrogen) atoms. The minimum absolute atomic E-state index is 0.0734. The number of nitrogens with one attached hydrogen (secondary N) is 1. The molecule has 0 spiro atoms. The molecule has 0 bridgehead atoms. The van der Waals surface area contributed by atoms with Crippen molar-refractivity contribution >= 4 is 29.0 Å². The van der Waals surface area contributed by atoms with Crippen LogP contribution in [0.25, 0.3) is 0 Å². The van der Waals surface area contributed by atoms with E-state index in [1.165, 1.54) is 0 Å². The molecule has 2 aromatic rings. The molecule has 1 heterocycles. The van der Waals surface area contributed by atoms with E-state index in [0.29, 0.717) is 29.3 Å². The number of benzene rings is 1. The second-order valence-corrected chi connectivity index (χ2v) is 5.55. The highest BCUT2D eigenvalue weighted by molar-refractivity contribution is 6.44. The van der Waals surface area contributed by atoms with Crippen LogP contribution in [-0.4, -0.2) is 15.9 Å². The number of aromatic nitrogens is 1. The number of carbonyl (C=O) groups excluding carboxylic acids is 1. The summed E-state index contributed by atoms with van der Waals surface area (Å²) in [5, 5.41) is 10.2. The molecule has 0 saturated heterocycles. The lowest BCUT2D eigenvalue weighted by Gasteiger charge is -2.04. The summed E-state index contributed by atoms with van der Waals surface area (Å²) in [6.45, 7) is 3.60. The second kappa shape index (κ2) is 5.90. The Labute approximate surface area is 127 Å². The molecule has 0 aliphatic carbocycles. The van der Waals surface area contributed by atoms with Gasteiger partial charge in [0.2, 0.25) is 0 Å². The summed E-state index contributed by atoms with van der Waals surface area (Å²) in [5.41, 5.74) is 2.86. The van der Waals surface area contributed by atoms with Crippen molar-refractivity contribution in [3.63, 3.8) is 0 Å². The van der Waals surface area contributed by atoms with Crippen LogP contribution in [0.2, 0.25) is 10.0 Å². The van der Waals surface area contributed by atoms with Crippen LogP contribution < -0.4 is 0 Å². The van der Waals surface area contributed by atoms with Crippen molar-refractivity contribution in [1.29, 1.82) is 0 Å². The van der Waals surface area contributed by atoms with E-state index in [4.69, 9.17) is 23.2 Å². The van der Waals surface area contributed by atoms with Crippen LogP contribution in [-0.2, 0) is 6.42 Å². The normalized spacial score (nSPS) is 10.8. The number of H-pyrrole nitrogens is 1. The monoisotopic (exact) mass is 311 g/mol. The molecule has 0 atom stereocenters. The first-order valence-corrected chi connectivity index (χ1v) is 7.01. The van der Waals surface area contributed by atoms with Gasteiger partial charge in [-0.1, -0.05) is 35.3 Å². The number of carbonyl (C=O) groups is 1. The maximum atomic E-state index is 12.1. The summed E-state index contributed by atoms with van der Waals surface area (Å²) < 4.78 is 0. The van der Waals surface area contributed by atoms with E-state index >= 15 is 0 Å². The molecule has 3 nitrogen and oxygen atoms in total. The highest BCUT2D eigenvalue weighted by atomic mass is 35.5. The van der Waals surface area contributed by atoms with Gasteiger partial charge in [-0.25, -0.2) is 0 Å². The fourth-order valence-corrected chi connectivity index (χ4v) is 2.46. The lowest BCUT2D eigenvalue weighted by molar-refractivity contribution is 0.0978. The van der Waals surface area contributed by atoms with Crippen LogP contribution in [0.4, 0.5) is 0 Å². The highest BCUT2D eigenvalue weighted by Gasteiger charge is 2.17. The Morgan fingerprint density at radius 1 is 1.25 bits per heavy atom. The van der Waals surface area contributed by atoms with E-state index in [1.54, 1.807) is 13.0 Å². The van der Waals surface area contributed by atoms with E-state index in [1.807, 2.05) is 19.1 Å². The lowest BCUT2D eigenvalue weighted by atomic mass is 10.0. The molecule has 0 radical (unpaired) electrons. The zero-order valence-corrected chi connectivity index (χ0v) is 12.8. The van der Waals surface area contributed by atoms with Crippen LogP contribution in [0.1, 0.15) is 33.7 Å². The summed E-state index contributed by atoms with van der Waals surface area (Å²) in [7, 11) is 0. The highest BCUT2D eigenvalue weighted by Crippen LogP contribution is 2.30. The van der Waals surface area contributed by atoms with Gasteiger partial charge in [-0.3, -0.25) is 4.79 Å². The Balaban J connectivity index is 2.08. The molecule has 0 amide bonds. The van der Waals surface area contributed by atoms with Crippen molar-refractivity contribution in [2.24, 2.45) is 0 Å². The maximum absolute atomic E-state index is 12.1. The quantitative estimate of drug-likeness (QED) is 0.819. The van der Waals surface area contributed by atoms with Crippen LogP contribution in [0.15, 0.2) is 18.2 Å². The van der Waals surface area contributed by atoms with E-state index in [0.717, 1.165) is 11.1 Å². The summed E-state index contributed by atoms with van der Waals surface area (Å²) >= 11 is 12.0. The van der Waals surface area contributed by atoms with Crippen LogP contribution >= 0.6 is 23.2 Å². The van der Waals surface area contributed by atoms with E-state index in [-0.39, 0.29) is 16.6 Å². The minimum atomic E-state index is -0.0734. The number of phenolic OH excluding ortho intramolecular Hbond substituents is 1. The number of hydrogen-bond donors (Lipinski definition) is 2. The molecular formula is C15H15Cl2NO2. The largest absolute Gasteiger partial charge is 0.508 e. The number of ketones is 1. The molecule has 2 rings (SSSR count). The molecule has 0 saturated carbocycles. The Kier molecular flexibility index (Phi) is 4.41. The van der Waals surface area contributed by atoms with Gasteiger partial charge in [0.15, 0.2) is 5.78 Å². The van der Waals surface area contributed by atoms with E-state index in [2.05, 4.69) is 4.98 Å². The van der Waals surface area contributed by atoms with Gasteiger partial charge in [0.05, 0.1) is 10.0 Å². The lowest BCUT2D eigenvalue weighted by Crippen LogP contribution is -2.02. The van der Waals surface area contributed by atoms with Gasteiger partial charge >= 0.3 is 0 Å². The first kappa shape index (κ1) is 14.9. The van der Waals surface area contributed by atoms with Crippen molar-refractivity contribution in [3.05, 3.63) is 50.8 Å². The number of hydrogen-bond acceptors (Lipinski definition) is 2. The number of aryl methyl sites for hydroxylation is 3. The minimum Gasteiger partial charge on any atom is -0.508 e. The van der Waals surface area contributed by atoms with Gasteiger partial charge in [-0.05, 0) is 37.5 Å². The second-order valence-electron chi connectivity index (χ2n) is 4.80. The summed E-state index contributed by atoms with van der Waals surface area (Å²) in [4.78, 5) is 15.0. The van der Waals surface area contributed by atoms with Gasteiger partial charge in [-0.15, -0.1) is 0 Å². The van der Waals surface area contributed by atoms with E-state index in [9.17, 15) is 9.90 Å². The SMILES string of the molecule is Cc1cc(CCC(=O)c2[nH]c(C)c(Cl)c2Cl)ccc1O. The Morgan fingerprint density at radius 2 is 1.95 bits per heavy atom. The van der Waals surface area contributed by atoms with E-state index < -0.39 is 0 Å². The Bertz CT molecular complexity index is 662. The number of aromatic amines is 1. The van der Waals surface area contributed by atoms with Gasteiger partial charge < -0.3 is 10.1 Å². The topological polar surface area (TPSA) is 53.1 Å². The van der Waals surface area contributed by atoms with Crippen molar-refractivity contribution in [2.45, 2.75) is 26.7 Å². The number of phenols is 1. The Hall–Kier alpha value is -1.45. The molecular weight excluding hydrogens is 297 g/mol. The number of rotatable bonds is 4. The molecule has 5 heteroatoms. The first-order valence-electron chi connectivity index (χ1n) is 6.25. The van der Waals surface area contributed by atoms with Crippen molar-refractivity contribution in [2.75, 3.05) is 0 Å². The maximum Gasteiger partial charge on any atom is 0.180 e. The van der Waals surface area contributed by atoms with Crippen LogP contribution in [0.3, 0.4) is 0 Å². The smallest absolute Gasteiger partial charge is 0.180 e. The average molecular weight is 312 g/mol. The first-order chi connectivity index (χ1) is 9.40. The average Bonchev–Trinajstić information content (AvgIpc) is 2.67. The predicted octanol–water partition coefficient (Wildman–Crippen LogP) is 4.46. The molecule has 0 aliphatic rings. The van der Waals surface area contributed by atoms with Gasteiger partial charge in [0.25, 0.3) is 0 Å². The third-order valence-electron chi connectivity index (χ3n) is 3.23. The Morgan fingerprint density at radius 3 is 2.50 bits per heavy atom. The molecule has 1 aromatic heterocycles. The molecule has 0 aliphatic heterocycles. The fourth-order valence-electron chi connectivity index (χ4n) is 2.02. The van der Waals surface area contributed by atoms with Crippen molar-refractivity contribution in [3.8, 4) is 5.75 Å². The fraction of sp³-hybridized carbons (Fsp3) is 0.267. The predicted molar refractivity (Wildman–Crippen MR) is 81.0 cm³/mol. The summed E-state index contributed by atoms with van der Waals surface area (Å²) in [6, 6.07) is 5.32. The third kappa shape index (κ3) is 3.00. The molecule has 2 N–H and O–H groups in total. The molecule has 0 unspecified atom stereocenters. The molecule has 1 aromatic carbocycles. The number of Topliss-reactive ketones (excluding diaryl/α,β-unsaturated/α-hetero) is 1. The van der Waals surface area contributed by atoms with Crippen LogP contribution in [0, 0.1) is 13.8 Å². The third-order valence-corrected chi connectivity index (χ3v) is 4.18. The van der Waals surface area contributed by atoms with Gasteiger partial charge in [0, 0.05) is 12.1 Å². The van der Waals surface area contributed by atoms with Crippen LogP contribution in [0.5, 0.6) is 5.75 Å².